The molecule has 0 aliphatic heterocycles. The van der Waals surface area contributed by atoms with Gasteiger partial charge in [0.25, 0.3) is 0 Å². The van der Waals surface area contributed by atoms with Gasteiger partial charge >= 0.3 is 0 Å². The quantitative estimate of drug-likeness (QED) is 0.551. The third-order valence-corrected chi connectivity index (χ3v) is 3.39. The van der Waals surface area contributed by atoms with Crippen molar-refractivity contribution in [2.75, 3.05) is 19.6 Å². The number of hydrogen-bond donors (Lipinski definition) is 3. The van der Waals surface area contributed by atoms with Gasteiger partial charge in [0, 0.05) is 24.7 Å². The molecule has 0 spiro atoms. The van der Waals surface area contributed by atoms with E-state index in [1.165, 1.54) is 0 Å². The first kappa shape index (κ1) is 15.6. The lowest BCUT2D eigenvalue weighted by molar-refractivity contribution is 0.249. The smallest absolute Gasteiger partial charge is 0.0428 e. The third kappa shape index (κ3) is 4.64. The van der Waals surface area contributed by atoms with Gasteiger partial charge in [-0.05, 0) is 25.8 Å². The molecule has 0 amide bonds. The van der Waals surface area contributed by atoms with Crippen LogP contribution in [0.2, 0.25) is 0 Å². The zero-order chi connectivity index (χ0) is 12.8. The Labute approximate surface area is 101 Å². The number of nitrogens with two attached hydrogens (primary N) is 1. The molecule has 0 aromatic carbocycles. The summed E-state index contributed by atoms with van der Waals surface area (Å²) in [4.78, 5) is 0. The second-order valence-electron chi connectivity index (χ2n) is 5.45. The van der Waals surface area contributed by atoms with Crippen LogP contribution in [0.5, 0.6) is 0 Å². The molecule has 0 saturated carbocycles. The van der Waals surface area contributed by atoms with E-state index in [1.807, 2.05) is 6.08 Å². The van der Waals surface area contributed by atoms with Crippen molar-refractivity contribution in [1.82, 2.24) is 10.6 Å². The summed E-state index contributed by atoms with van der Waals surface area (Å²) in [6, 6.07) is 0.350. The topological polar surface area (TPSA) is 50.1 Å². The molecule has 4 N–H and O–H groups in total. The second kappa shape index (κ2) is 6.38. The van der Waals surface area contributed by atoms with Crippen molar-refractivity contribution in [3.05, 3.63) is 12.7 Å². The molecule has 3 heteroatoms. The monoisotopic (exact) mass is 227 g/mol. The van der Waals surface area contributed by atoms with Crippen molar-refractivity contribution in [2.24, 2.45) is 11.1 Å². The van der Waals surface area contributed by atoms with Gasteiger partial charge in [-0.1, -0.05) is 26.8 Å². The summed E-state index contributed by atoms with van der Waals surface area (Å²) in [5.41, 5.74) is 5.91. The molecular weight excluding hydrogens is 198 g/mol. The Morgan fingerprint density at radius 1 is 1.38 bits per heavy atom. The lowest BCUT2D eigenvalue weighted by Crippen LogP contribution is -2.62. The summed E-state index contributed by atoms with van der Waals surface area (Å²) < 4.78 is 0. The van der Waals surface area contributed by atoms with Gasteiger partial charge in [-0.2, -0.15) is 0 Å². The Morgan fingerprint density at radius 3 is 2.31 bits per heavy atom. The van der Waals surface area contributed by atoms with Crippen LogP contribution in [0.25, 0.3) is 0 Å². The molecule has 0 fully saturated rings. The molecule has 16 heavy (non-hydrogen) atoms. The highest BCUT2D eigenvalue weighted by atomic mass is 15.1. The molecule has 0 aliphatic rings. The average Bonchev–Trinajstić information content (AvgIpc) is 2.26. The Hall–Kier alpha value is -0.380. The molecule has 0 rings (SSSR count). The fourth-order valence-corrected chi connectivity index (χ4v) is 1.44. The lowest BCUT2D eigenvalue weighted by Gasteiger charge is -2.38. The standard InChI is InChI=1S/C13H29N3/c1-7-12(4,5)10-16-13(6,9-14)11(3)15-8-2/h7,11,15-16H,1,8-10,14H2,2-6H3/t11-,13?/m0/s1. The van der Waals surface area contributed by atoms with Gasteiger partial charge in [-0.15, -0.1) is 6.58 Å². The van der Waals surface area contributed by atoms with Gasteiger partial charge in [0.15, 0.2) is 0 Å². The average molecular weight is 227 g/mol. The first-order valence-electron chi connectivity index (χ1n) is 6.13. The van der Waals surface area contributed by atoms with E-state index in [0.717, 1.165) is 13.1 Å². The minimum atomic E-state index is -0.0731. The Balaban J connectivity index is 4.42. The Kier molecular flexibility index (Phi) is 6.23. The Morgan fingerprint density at radius 2 is 1.94 bits per heavy atom. The largest absolute Gasteiger partial charge is 0.329 e. The van der Waals surface area contributed by atoms with Gasteiger partial charge in [0.05, 0.1) is 0 Å². The van der Waals surface area contributed by atoms with Crippen molar-refractivity contribution in [2.45, 2.75) is 46.2 Å². The van der Waals surface area contributed by atoms with Gasteiger partial charge in [-0.25, -0.2) is 0 Å². The predicted molar refractivity (Wildman–Crippen MR) is 72.6 cm³/mol. The van der Waals surface area contributed by atoms with Crippen LogP contribution in [-0.2, 0) is 0 Å². The van der Waals surface area contributed by atoms with Gasteiger partial charge in [0.2, 0.25) is 0 Å². The van der Waals surface area contributed by atoms with E-state index >= 15 is 0 Å². The zero-order valence-corrected chi connectivity index (χ0v) is 11.6. The fraction of sp³-hybridized carbons (Fsp3) is 0.846. The molecule has 3 nitrogen and oxygen atoms in total. The van der Waals surface area contributed by atoms with Crippen molar-refractivity contribution in [3.63, 3.8) is 0 Å². The normalized spacial score (nSPS) is 17.9. The summed E-state index contributed by atoms with van der Waals surface area (Å²) in [5, 5.41) is 6.99. The lowest BCUT2D eigenvalue weighted by atomic mass is 9.88. The van der Waals surface area contributed by atoms with Crippen LogP contribution in [0.1, 0.15) is 34.6 Å². The first-order chi connectivity index (χ1) is 7.31. The van der Waals surface area contributed by atoms with Crippen molar-refractivity contribution < 1.29 is 0 Å². The summed E-state index contributed by atoms with van der Waals surface area (Å²) in [5.74, 6) is 0. The van der Waals surface area contributed by atoms with Crippen LogP contribution in [0, 0.1) is 5.41 Å². The van der Waals surface area contributed by atoms with Gasteiger partial charge in [-0.3, -0.25) is 0 Å². The molecule has 0 bridgehead atoms. The van der Waals surface area contributed by atoms with E-state index in [4.69, 9.17) is 5.73 Å². The molecule has 96 valence electrons. The van der Waals surface area contributed by atoms with E-state index in [-0.39, 0.29) is 11.0 Å². The highest BCUT2D eigenvalue weighted by molar-refractivity contribution is 4.97. The van der Waals surface area contributed by atoms with E-state index in [9.17, 15) is 0 Å². The van der Waals surface area contributed by atoms with Crippen molar-refractivity contribution in [1.29, 1.82) is 0 Å². The molecule has 0 radical (unpaired) electrons. The van der Waals surface area contributed by atoms with Crippen LogP contribution in [0.3, 0.4) is 0 Å². The number of rotatable bonds is 8. The molecule has 0 heterocycles. The van der Waals surface area contributed by atoms with E-state index in [1.54, 1.807) is 0 Å². The minimum absolute atomic E-state index is 0.0731. The number of nitrogens with one attached hydrogen (secondary N) is 2. The van der Waals surface area contributed by atoms with Crippen LogP contribution in [0.4, 0.5) is 0 Å². The molecule has 0 aliphatic carbocycles. The van der Waals surface area contributed by atoms with Crippen LogP contribution in [0.15, 0.2) is 12.7 Å². The fourth-order valence-electron chi connectivity index (χ4n) is 1.44. The number of hydrogen-bond acceptors (Lipinski definition) is 3. The predicted octanol–water partition coefficient (Wildman–Crippen LogP) is 1.50. The molecule has 1 unspecified atom stereocenters. The molecular formula is C13H29N3. The van der Waals surface area contributed by atoms with Crippen molar-refractivity contribution in [3.8, 4) is 0 Å². The molecule has 0 aromatic heterocycles. The highest BCUT2D eigenvalue weighted by Gasteiger charge is 2.30. The maximum atomic E-state index is 5.88. The third-order valence-electron chi connectivity index (χ3n) is 3.39. The maximum Gasteiger partial charge on any atom is 0.0428 e. The SMILES string of the molecule is C=CC(C)(C)CNC(C)(CN)[C@H](C)NCC. The van der Waals surface area contributed by atoms with Crippen LogP contribution >= 0.6 is 0 Å². The van der Waals surface area contributed by atoms with Gasteiger partial charge < -0.3 is 16.4 Å². The molecule has 2 atom stereocenters. The van der Waals surface area contributed by atoms with E-state index in [2.05, 4.69) is 51.8 Å². The summed E-state index contributed by atoms with van der Waals surface area (Å²) in [6.07, 6.45) is 1.98. The Bertz CT molecular complexity index is 213. The summed E-state index contributed by atoms with van der Waals surface area (Å²) >= 11 is 0. The summed E-state index contributed by atoms with van der Waals surface area (Å²) in [6.45, 7) is 17.1. The maximum absolute atomic E-state index is 5.88. The van der Waals surface area contributed by atoms with Crippen LogP contribution in [-0.4, -0.2) is 31.2 Å². The summed E-state index contributed by atoms with van der Waals surface area (Å²) in [7, 11) is 0. The molecule has 0 aromatic rings. The second-order valence-corrected chi connectivity index (χ2v) is 5.45. The van der Waals surface area contributed by atoms with Crippen LogP contribution < -0.4 is 16.4 Å². The highest BCUT2D eigenvalue weighted by Crippen LogP contribution is 2.17. The van der Waals surface area contributed by atoms with E-state index < -0.39 is 0 Å². The zero-order valence-electron chi connectivity index (χ0n) is 11.6. The first-order valence-corrected chi connectivity index (χ1v) is 6.13. The van der Waals surface area contributed by atoms with Gasteiger partial charge in [0.1, 0.15) is 0 Å². The number of likely N-dealkylation sites (N-methyl/N-ethyl adjacent to an activating group) is 1. The van der Waals surface area contributed by atoms with Crippen molar-refractivity contribution >= 4 is 0 Å². The molecule has 0 saturated heterocycles. The minimum Gasteiger partial charge on any atom is -0.329 e. The van der Waals surface area contributed by atoms with E-state index in [0.29, 0.717) is 12.6 Å².